The fourth-order valence-electron chi connectivity index (χ4n) is 2.64. The molecule has 1 aromatic heterocycles. The molecule has 1 spiro atoms. The van der Waals surface area contributed by atoms with E-state index < -0.39 is 0 Å². The number of nitrogens with one attached hydrogen (secondary N) is 1. The molecule has 1 aromatic rings. The van der Waals surface area contributed by atoms with Gasteiger partial charge in [-0.2, -0.15) is 11.8 Å². The lowest BCUT2D eigenvalue weighted by Crippen LogP contribution is -2.46. The van der Waals surface area contributed by atoms with Crippen LogP contribution in [0.15, 0.2) is 11.4 Å². The molecule has 1 saturated heterocycles. The molecule has 1 fully saturated rings. The summed E-state index contributed by atoms with van der Waals surface area (Å²) in [6, 6.07) is 2.32. The highest BCUT2D eigenvalue weighted by molar-refractivity contribution is 8.00. The van der Waals surface area contributed by atoms with Gasteiger partial charge in [-0.3, -0.25) is 0 Å². The van der Waals surface area contributed by atoms with E-state index in [0.29, 0.717) is 5.54 Å². The average Bonchev–Trinajstić information content (AvgIpc) is 2.75. The highest BCUT2D eigenvalue weighted by atomic mass is 32.2. The first-order chi connectivity index (χ1) is 6.80. The number of fused-ring (bicyclic) bond motifs is 2. The topological polar surface area (TPSA) is 12.0 Å². The summed E-state index contributed by atoms with van der Waals surface area (Å²) in [5, 5.41) is 6.83. The molecule has 14 heavy (non-hydrogen) atoms. The molecule has 0 aliphatic carbocycles. The van der Waals surface area contributed by atoms with Crippen molar-refractivity contribution in [2.24, 2.45) is 0 Å². The van der Waals surface area contributed by atoms with Gasteiger partial charge in [-0.25, -0.2) is 0 Å². The number of hydrogen-bond donors (Lipinski definition) is 1. The molecule has 3 rings (SSSR count). The highest BCUT2D eigenvalue weighted by Gasteiger charge is 2.42. The zero-order valence-corrected chi connectivity index (χ0v) is 10.0. The van der Waals surface area contributed by atoms with E-state index in [1.807, 2.05) is 11.3 Å². The molecule has 1 N–H and O–H groups in total. The molecule has 0 radical (unpaired) electrons. The van der Waals surface area contributed by atoms with Crippen molar-refractivity contribution in [1.82, 2.24) is 5.32 Å². The fourth-order valence-corrected chi connectivity index (χ4v) is 5.21. The summed E-state index contributed by atoms with van der Waals surface area (Å²) in [7, 11) is 0. The average molecular weight is 225 g/mol. The van der Waals surface area contributed by atoms with E-state index >= 15 is 0 Å². The lowest BCUT2D eigenvalue weighted by Gasteiger charge is -2.34. The zero-order valence-electron chi connectivity index (χ0n) is 8.38. The van der Waals surface area contributed by atoms with Crippen LogP contribution >= 0.6 is 23.1 Å². The first kappa shape index (κ1) is 9.25. The molecule has 2 unspecified atom stereocenters. The van der Waals surface area contributed by atoms with Gasteiger partial charge in [0.15, 0.2) is 0 Å². The van der Waals surface area contributed by atoms with Gasteiger partial charge in [0, 0.05) is 22.4 Å². The first-order valence-electron chi connectivity index (χ1n) is 5.24. The third kappa shape index (κ3) is 1.26. The SMILES string of the molecule is CC1CC2(CS1)NCCc1ccsc12. The van der Waals surface area contributed by atoms with E-state index in [0.717, 1.165) is 11.8 Å². The molecule has 3 heteroatoms. The molecule has 0 amide bonds. The molecule has 2 aliphatic heterocycles. The lowest BCUT2D eigenvalue weighted by molar-refractivity contribution is 0.353. The molecule has 2 aliphatic rings. The summed E-state index contributed by atoms with van der Waals surface area (Å²) in [6.07, 6.45) is 2.53. The summed E-state index contributed by atoms with van der Waals surface area (Å²) < 4.78 is 0. The predicted octanol–water partition coefficient (Wildman–Crippen LogP) is 2.61. The smallest absolute Gasteiger partial charge is 0.0633 e. The lowest BCUT2D eigenvalue weighted by atomic mass is 9.88. The molecule has 0 aromatic carbocycles. The van der Waals surface area contributed by atoms with Crippen LogP contribution in [0.25, 0.3) is 0 Å². The Morgan fingerprint density at radius 2 is 2.50 bits per heavy atom. The van der Waals surface area contributed by atoms with Gasteiger partial charge in [-0.1, -0.05) is 6.92 Å². The molecule has 0 saturated carbocycles. The van der Waals surface area contributed by atoms with Gasteiger partial charge in [0.25, 0.3) is 0 Å². The predicted molar refractivity (Wildman–Crippen MR) is 64.2 cm³/mol. The third-order valence-corrected chi connectivity index (χ3v) is 5.85. The maximum Gasteiger partial charge on any atom is 0.0633 e. The summed E-state index contributed by atoms with van der Waals surface area (Å²) in [6.45, 7) is 3.51. The quantitative estimate of drug-likeness (QED) is 0.728. The standard InChI is InChI=1S/C11H15NS2/c1-8-6-11(7-14-8)10-9(2-4-12-11)3-5-13-10/h3,5,8,12H,2,4,6-7H2,1H3. The Kier molecular flexibility index (Phi) is 2.15. The van der Waals surface area contributed by atoms with Gasteiger partial charge >= 0.3 is 0 Å². The Bertz CT molecular complexity index is 347. The van der Waals surface area contributed by atoms with E-state index in [9.17, 15) is 0 Å². The molecule has 2 atom stereocenters. The van der Waals surface area contributed by atoms with Crippen molar-refractivity contribution in [1.29, 1.82) is 0 Å². The molecule has 3 heterocycles. The summed E-state index contributed by atoms with van der Waals surface area (Å²) in [4.78, 5) is 1.63. The highest BCUT2D eigenvalue weighted by Crippen LogP contribution is 2.45. The second-order valence-corrected chi connectivity index (χ2v) is 6.70. The Morgan fingerprint density at radius 3 is 3.29 bits per heavy atom. The van der Waals surface area contributed by atoms with Crippen LogP contribution < -0.4 is 5.32 Å². The molecular weight excluding hydrogens is 210 g/mol. The second kappa shape index (κ2) is 3.26. The summed E-state index contributed by atoms with van der Waals surface area (Å²) >= 11 is 4.06. The van der Waals surface area contributed by atoms with Gasteiger partial charge < -0.3 is 5.32 Å². The Morgan fingerprint density at radius 1 is 1.57 bits per heavy atom. The Balaban J connectivity index is 2.03. The number of thiophene rings is 1. The van der Waals surface area contributed by atoms with Crippen molar-refractivity contribution in [3.8, 4) is 0 Å². The van der Waals surface area contributed by atoms with E-state index in [-0.39, 0.29) is 0 Å². The van der Waals surface area contributed by atoms with Crippen molar-refractivity contribution in [3.05, 3.63) is 21.9 Å². The van der Waals surface area contributed by atoms with E-state index in [2.05, 4.69) is 35.4 Å². The molecule has 0 bridgehead atoms. The van der Waals surface area contributed by atoms with Crippen molar-refractivity contribution in [2.45, 2.75) is 30.6 Å². The first-order valence-corrected chi connectivity index (χ1v) is 7.16. The van der Waals surface area contributed by atoms with E-state index in [1.165, 1.54) is 18.6 Å². The normalized spacial score (nSPS) is 36.2. The third-order valence-electron chi connectivity index (χ3n) is 3.29. The van der Waals surface area contributed by atoms with Crippen molar-refractivity contribution in [3.63, 3.8) is 0 Å². The monoisotopic (exact) mass is 225 g/mol. The largest absolute Gasteiger partial charge is 0.306 e. The number of rotatable bonds is 0. The summed E-state index contributed by atoms with van der Waals surface area (Å²) in [5.41, 5.74) is 1.94. The van der Waals surface area contributed by atoms with Gasteiger partial charge in [0.1, 0.15) is 0 Å². The minimum Gasteiger partial charge on any atom is -0.306 e. The van der Waals surface area contributed by atoms with E-state index in [1.54, 1.807) is 10.4 Å². The zero-order chi connectivity index (χ0) is 9.60. The van der Waals surface area contributed by atoms with Gasteiger partial charge in [-0.05, 0) is 29.9 Å². The molecule has 1 nitrogen and oxygen atoms in total. The van der Waals surface area contributed by atoms with Crippen LogP contribution in [0.4, 0.5) is 0 Å². The maximum atomic E-state index is 3.76. The van der Waals surface area contributed by atoms with E-state index in [4.69, 9.17) is 0 Å². The Labute approximate surface area is 93.3 Å². The van der Waals surface area contributed by atoms with Crippen molar-refractivity contribution in [2.75, 3.05) is 12.3 Å². The molecular formula is C11H15NS2. The number of hydrogen-bond acceptors (Lipinski definition) is 3. The Hall–Kier alpha value is 0.01000. The summed E-state index contributed by atoms with van der Waals surface area (Å²) in [5.74, 6) is 1.27. The van der Waals surface area contributed by atoms with Crippen LogP contribution in [0, 0.1) is 0 Å². The number of thioether (sulfide) groups is 1. The fraction of sp³-hybridized carbons (Fsp3) is 0.636. The minimum atomic E-state index is 0.339. The van der Waals surface area contributed by atoms with Crippen LogP contribution in [0.2, 0.25) is 0 Å². The van der Waals surface area contributed by atoms with Crippen LogP contribution in [-0.4, -0.2) is 17.5 Å². The van der Waals surface area contributed by atoms with Crippen LogP contribution in [0.5, 0.6) is 0 Å². The second-order valence-electron chi connectivity index (χ2n) is 4.36. The van der Waals surface area contributed by atoms with Gasteiger partial charge in [0.2, 0.25) is 0 Å². The van der Waals surface area contributed by atoms with Gasteiger partial charge in [0.05, 0.1) is 5.54 Å². The maximum absolute atomic E-state index is 3.76. The van der Waals surface area contributed by atoms with Crippen LogP contribution in [-0.2, 0) is 12.0 Å². The van der Waals surface area contributed by atoms with Crippen molar-refractivity contribution >= 4 is 23.1 Å². The van der Waals surface area contributed by atoms with Gasteiger partial charge in [-0.15, -0.1) is 11.3 Å². The van der Waals surface area contributed by atoms with Crippen LogP contribution in [0.1, 0.15) is 23.8 Å². The van der Waals surface area contributed by atoms with Crippen molar-refractivity contribution < 1.29 is 0 Å². The minimum absolute atomic E-state index is 0.339. The molecule has 76 valence electrons. The van der Waals surface area contributed by atoms with Crippen LogP contribution in [0.3, 0.4) is 0 Å².